The van der Waals surface area contributed by atoms with E-state index in [0.29, 0.717) is 25.3 Å². The number of nitrogen functional groups attached to an aromatic ring is 1. The fourth-order valence-electron chi connectivity index (χ4n) is 6.11. The van der Waals surface area contributed by atoms with E-state index in [1.54, 1.807) is 0 Å². The third kappa shape index (κ3) is 6.28. The number of aliphatic hydroxyl groups is 1. The summed E-state index contributed by atoms with van der Waals surface area (Å²) in [6, 6.07) is 14.6. The lowest BCUT2D eigenvalue weighted by Crippen LogP contribution is -2.52. The van der Waals surface area contributed by atoms with Gasteiger partial charge in [0.2, 0.25) is 10.0 Å². The summed E-state index contributed by atoms with van der Waals surface area (Å²) in [7, 11) is -3.93. The minimum Gasteiger partial charge on any atom is -0.445 e. The van der Waals surface area contributed by atoms with Crippen LogP contribution in [0.4, 0.5) is 10.5 Å². The molecule has 3 fully saturated rings. The number of aliphatic hydroxyl groups excluding tert-OH is 1. The molecule has 40 heavy (non-hydrogen) atoms. The van der Waals surface area contributed by atoms with E-state index in [0.717, 1.165) is 12.0 Å². The molecule has 7 atom stereocenters. The molecule has 2 aromatic carbocycles. The number of benzene rings is 2. The van der Waals surface area contributed by atoms with E-state index < -0.39 is 28.3 Å². The van der Waals surface area contributed by atoms with Gasteiger partial charge in [-0.15, -0.1) is 0 Å². The molecule has 218 valence electrons. The topological polar surface area (TPSA) is 140 Å². The van der Waals surface area contributed by atoms with Crippen molar-refractivity contribution in [2.75, 3.05) is 32.0 Å². The van der Waals surface area contributed by atoms with Crippen LogP contribution in [0.1, 0.15) is 25.8 Å². The lowest BCUT2D eigenvalue weighted by molar-refractivity contribution is -0.169. The quantitative estimate of drug-likeness (QED) is 0.349. The summed E-state index contributed by atoms with van der Waals surface area (Å²) in [6.07, 6.45) is -1.20. The van der Waals surface area contributed by atoms with Crippen LogP contribution < -0.4 is 11.1 Å². The molecule has 5 rings (SSSR count). The van der Waals surface area contributed by atoms with Crippen LogP contribution in [0.5, 0.6) is 0 Å². The van der Waals surface area contributed by atoms with Gasteiger partial charge in [0.25, 0.3) is 0 Å². The number of anilines is 1. The minimum atomic E-state index is -3.93. The molecular formula is C29H39N3O7S. The molecule has 1 aliphatic carbocycles. The molecule has 0 spiro atoms. The Bertz CT molecular complexity index is 1260. The van der Waals surface area contributed by atoms with E-state index >= 15 is 0 Å². The number of carbonyl (C=O) groups excluding carboxylic acids is 1. The van der Waals surface area contributed by atoms with Crippen molar-refractivity contribution in [3.8, 4) is 0 Å². The van der Waals surface area contributed by atoms with E-state index in [-0.39, 0.29) is 54.1 Å². The molecule has 2 heterocycles. The summed E-state index contributed by atoms with van der Waals surface area (Å²) in [5, 5.41) is 14.3. The predicted molar refractivity (Wildman–Crippen MR) is 149 cm³/mol. The van der Waals surface area contributed by atoms with Gasteiger partial charge in [-0.05, 0) is 48.6 Å². The zero-order valence-corrected chi connectivity index (χ0v) is 23.7. The number of nitrogens with zero attached hydrogens (tertiary/aromatic N) is 1. The first kappa shape index (κ1) is 28.8. The number of nitrogens with two attached hydrogens (primary N) is 1. The maximum absolute atomic E-state index is 13.6. The molecule has 1 saturated carbocycles. The molecule has 2 saturated heterocycles. The second-order valence-corrected chi connectivity index (χ2v) is 13.5. The van der Waals surface area contributed by atoms with Crippen molar-refractivity contribution in [1.82, 2.24) is 9.62 Å². The lowest BCUT2D eigenvalue weighted by atomic mass is 9.98. The highest BCUT2D eigenvalue weighted by molar-refractivity contribution is 7.89. The van der Waals surface area contributed by atoms with Gasteiger partial charge in [0.1, 0.15) is 6.10 Å². The number of hydrogen-bond donors (Lipinski definition) is 3. The highest BCUT2D eigenvalue weighted by atomic mass is 32.2. The Morgan fingerprint density at radius 2 is 1.77 bits per heavy atom. The van der Waals surface area contributed by atoms with Crippen molar-refractivity contribution in [1.29, 1.82) is 0 Å². The Kier molecular flexibility index (Phi) is 8.67. The third-order valence-corrected chi connectivity index (χ3v) is 9.92. The number of fused-ring (bicyclic) bond motifs is 1. The van der Waals surface area contributed by atoms with Gasteiger partial charge in [-0.3, -0.25) is 0 Å². The van der Waals surface area contributed by atoms with Crippen molar-refractivity contribution in [3.63, 3.8) is 0 Å². The summed E-state index contributed by atoms with van der Waals surface area (Å²) in [5.41, 5.74) is 7.10. The van der Waals surface area contributed by atoms with Crippen molar-refractivity contribution < 1.29 is 32.5 Å². The number of nitrogens with one attached hydrogen (secondary N) is 1. The van der Waals surface area contributed by atoms with Crippen LogP contribution in [0.2, 0.25) is 0 Å². The molecule has 1 amide bonds. The van der Waals surface area contributed by atoms with Gasteiger partial charge < -0.3 is 30.4 Å². The van der Waals surface area contributed by atoms with E-state index in [4.69, 9.17) is 19.9 Å². The molecule has 3 aliphatic rings. The molecule has 0 radical (unpaired) electrons. The maximum atomic E-state index is 13.6. The number of carbonyl (C=O) groups is 1. The second kappa shape index (κ2) is 12.0. The highest BCUT2D eigenvalue weighted by Gasteiger charge is 2.56. The van der Waals surface area contributed by atoms with Crippen LogP contribution in [0.3, 0.4) is 0 Å². The molecular weight excluding hydrogens is 534 g/mol. The first-order valence-electron chi connectivity index (χ1n) is 13.9. The molecule has 10 nitrogen and oxygen atoms in total. The molecule has 2 aliphatic heterocycles. The van der Waals surface area contributed by atoms with Crippen LogP contribution in [0.25, 0.3) is 0 Å². The number of rotatable bonds is 11. The Morgan fingerprint density at radius 3 is 2.48 bits per heavy atom. The van der Waals surface area contributed by atoms with Gasteiger partial charge in [-0.2, -0.15) is 4.31 Å². The number of sulfonamides is 1. The van der Waals surface area contributed by atoms with Gasteiger partial charge in [-0.25, -0.2) is 13.2 Å². The Labute approximate surface area is 235 Å². The summed E-state index contributed by atoms with van der Waals surface area (Å²) >= 11 is 0. The van der Waals surface area contributed by atoms with Crippen LogP contribution >= 0.6 is 0 Å². The summed E-state index contributed by atoms with van der Waals surface area (Å²) in [5.74, 6) is 0.436. The molecule has 11 heteroatoms. The average molecular weight is 574 g/mol. The van der Waals surface area contributed by atoms with Crippen molar-refractivity contribution >= 4 is 21.8 Å². The SMILES string of the molecule is CC(C)CN(C[C@@H](O)C(Cc1ccccc1)NC(=O)OC1C2COC3OCC1C3C2)S(=O)(=O)c1ccc(N)cc1. The fraction of sp³-hybridized carbons (Fsp3) is 0.552. The Morgan fingerprint density at radius 1 is 1.07 bits per heavy atom. The van der Waals surface area contributed by atoms with E-state index in [2.05, 4.69) is 5.32 Å². The Balaban J connectivity index is 1.33. The normalized spacial score (nSPS) is 27.1. The first-order valence-corrected chi connectivity index (χ1v) is 15.3. The van der Waals surface area contributed by atoms with Crippen LogP contribution in [0, 0.1) is 23.7 Å². The smallest absolute Gasteiger partial charge is 0.407 e. The molecule has 2 bridgehead atoms. The van der Waals surface area contributed by atoms with Gasteiger partial charge in [0.15, 0.2) is 6.29 Å². The van der Waals surface area contributed by atoms with Crippen molar-refractivity contribution in [3.05, 3.63) is 60.2 Å². The fourth-order valence-corrected chi connectivity index (χ4v) is 7.73. The van der Waals surface area contributed by atoms with Crippen LogP contribution in [-0.2, 0) is 30.7 Å². The summed E-state index contributed by atoms with van der Waals surface area (Å²) < 4.78 is 45.8. The predicted octanol–water partition coefficient (Wildman–Crippen LogP) is 2.62. The standard InChI is InChI=1S/C29H39N3O7S/c1-18(2)14-32(40(35,36)22-10-8-21(30)9-11-22)15-26(33)25(12-19-6-4-3-5-7-19)31-29(34)39-27-20-13-23-24(27)17-38-28(23)37-16-20/h3-11,18,20,23-28,33H,12-17,30H2,1-2H3,(H,31,34)/t20?,23?,24?,25?,26-,27?,28?/m1/s1. The van der Waals surface area contributed by atoms with E-state index in [1.165, 1.54) is 28.6 Å². The average Bonchev–Trinajstić information content (AvgIpc) is 3.45. The van der Waals surface area contributed by atoms with Crippen LogP contribution in [-0.4, -0.2) is 74.8 Å². The second-order valence-electron chi connectivity index (χ2n) is 11.5. The van der Waals surface area contributed by atoms with Crippen LogP contribution in [0.15, 0.2) is 59.5 Å². The summed E-state index contributed by atoms with van der Waals surface area (Å²) in [4.78, 5) is 13.3. The largest absolute Gasteiger partial charge is 0.445 e. The molecule has 2 aromatic rings. The monoisotopic (exact) mass is 573 g/mol. The molecule has 4 N–H and O–H groups in total. The summed E-state index contributed by atoms with van der Waals surface area (Å²) in [6.45, 7) is 4.79. The molecule has 6 unspecified atom stereocenters. The number of hydrogen-bond acceptors (Lipinski definition) is 8. The third-order valence-electron chi connectivity index (χ3n) is 8.08. The first-order chi connectivity index (χ1) is 19.1. The maximum Gasteiger partial charge on any atom is 0.407 e. The molecule has 0 aromatic heterocycles. The zero-order valence-electron chi connectivity index (χ0n) is 22.9. The van der Waals surface area contributed by atoms with Gasteiger partial charge >= 0.3 is 6.09 Å². The van der Waals surface area contributed by atoms with E-state index in [9.17, 15) is 18.3 Å². The van der Waals surface area contributed by atoms with Crippen molar-refractivity contribution in [2.24, 2.45) is 23.7 Å². The van der Waals surface area contributed by atoms with Gasteiger partial charge in [0.05, 0.1) is 30.3 Å². The minimum absolute atomic E-state index is 0.00246. The Hall–Kier alpha value is -2.70. The number of amides is 1. The highest BCUT2D eigenvalue weighted by Crippen LogP contribution is 2.49. The van der Waals surface area contributed by atoms with Gasteiger partial charge in [0, 0.05) is 36.5 Å². The lowest BCUT2D eigenvalue weighted by Gasteiger charge is -2.31. The van der Waals surface area contributed by atoms with Gasteiger partial charge in [-0.1, -0.05) is 44.2 Å². The zero-order chi connectivity index (χ0) is 28.4. The number of ether oxygens (including phenoxy) is 3. The van der Waals surface area contributed by atoms with Crippen molar-refractivity contribution in [2.45, 2.75) is 56.1 Å². The number of alkyl carbamates (subject to hydrolysis) is 1. The van der Waals surface area contributed by atoms with E-state index in [1.807, 2.05) is 44.2 Å².